The molecule has 1 N–H and O–H groups in total. The first-order chi connectivity index (χ1) is 12.1. The van der Waals surface area contributed by atoms with Crippen LogP contribution in [-0.2, 0) is 16.9 Å². The zero-order valence-electron chi connectivity index (χ0n) is 13.9. The fraction of sp³-hybridized carbons (Fsp3) is 0.143. The summed E-state index contributed by atoms with van der Waals surface area (Å²) in [5.74, 6) is -0.225. The summed E-state index contributed by atoms with van der Waals surface area (Å²) >= 11 is 0. The minimum atomic E-state index is -1.05. The zero-order chi connectivity index (χ0) is 17.4. The van der Waals surface area contributed by atoms with Gasteiger partial charge in [-0.2, -0.15) is 0 Å². The molecule has 0 radical (unpaired) electrons. The van der Waals surface area contributed by atoms with Crippen LogP contribution in [0.3, 0.4) is 0 Å². The summed E-state index contributed by atoms with van der Waals surface area (Å²) in [6.07, 6.45) is 0. The van der Waals surface area contributed by atoms with Crippen LogP contribution in [0.5, 0.6) is 0 Å². The van der Waals surface area contributed by atoms with Crippen molar-refractivity contribution < 1.29 is 9.59 Å². The predicted molar refractivity (Wildman–Crippen MR) is 96.8 cm³/mol. The molecule has 1 atom stereocenters. The molecule has 1 saturated heterocycles. The topological polar surface area (TPSA) is 49.4 Å². The fourth-order valence-corrected chi connectivity index (χ4v) is 3.30. The van der Waals surface area contributed by atoms with Crippen molar-refractivity contribution in [2.75, 3.05) is 0 Å². The van der Waals surface area contributed by atoms with Crippen LogP contribution >= 0.6 is 0 Å². The first-order valence-electron chi connectivity index (χ1n) is 8.25. The van der Waals surface area contributed by atoms with Gasteiger partial charge in [-0.25, -0.2) is 4.79 Å². The van der Waals surface area contributed by atoms with Gasteiger partial charge in [-0.3, -0.25) is 9.69 Å². The SMILES string of the molecule is CC1(c2ccc3ccccc3c2)NC(=O)N(Cc2ccccc2)C1=O. The number of carbonyl (C=O) groups is 2. The Bertz CT molecular complexity index is 968. The summed E-state index contributed by atoms with van der Waals surface area (Å²) in [4.78, 5) is 26.7. The van der Waals surface area contributed by atoms with E-state index < -0.39 is 5.54 Å². The molecule has 124 valence electrons. The first-order valence-corrected chi connectivity index (χ1v) is 8.25. The normalized spacial score (nSPS) is 20.1. The monoisotopic (exact) mass is 330 g/mol. The predicted octanol–water partition coefficient (Wildman–Crippen LogP) is 3.81. The van der Waals surface area contributed by atoms with Crippen LogP contribution < -0.4 is 5.32 Å². The number of nitrogens with zero attached hydrogens (tertiary/aromatic N) is 1. The summed E-state index contributed by atoms with van der Waals surface area (Å²) in [5.41, 5.74) is 0.671. The van der Waals surface area contributed by atoms with Gasteiger partial charge in [0.15, 0.2) is 0 Å². The Kier molecular flexibility index (Phi) is 3.53. The minimum absolute atomic E-state index is 0.225. The largest absolute Gasteiger partial charge is 0.325 e. The molecule has 0 bridgehead atoms. The number of hydrogen-bond acceptors (Lipinski definition) is 2. The van der Waals surface area contributed by atoms with E-state index in [0.717, 1.165) is 21.9 Å². The van der Waals surface area contributed by atoms with Gasteiger partial charge in [-0.1, -0.05) is 66.7 Å². The van der Waals surface area contributed by atoms with Crippen molar-refractivity contribution in [1.29, 1.82) is 0 Å². The summed E-state index contributed by atoms with van der Waals surface area (Å²) in [6, 6.07) is 23.0. The van der Waals surface area contributed by atoms with Gasteiger partial charge < -0.3 is 5.32 Å². The molecule has 3 aromatic rings. The zero-order valence-corrected chi connectivity index (χ0v) is 13.9. The third kappa shape index (κ3) is 2.56. The number of nitrogens with one attached hydrogen (secondary N) is 1. The highest BCUT2D eigenvalue weighted by Gasteiger charge is 2.48. The van der Waals surface area contributed by atoms with Crippen molar-refractivity contribution in [3.8, 4) is 0 Å². The van der Waals surface area contributed by atoms with Crippen molar-refractivity contribution in [2.45, 2.75) is 19.0 Å². The number of hydrogen-bond donors (Lipinski definition) is 1. The lowest BCUT2D eigenvalue weighted by Gasteiger charge is -2.22. The number of carbonyl (C=O) groups excluding carboxylic acids is 2. The van der Waals surface area contributed by atoms with Gasteiger partial charge in [0.1, 0.15) is 5.54 Å². The Morgan fingerprint density at radius 2 is 1.56 bits per heavy atom. The summed E-state index contributed by atoms with van der Waals surface area (Å²) < 4.78 is 0. The average Bonchev–Trinajstić information content (AvgIpc) is 2.86. The summed E-state index contributed by atoms with van der Waals surface area (Å²) in [5, 5.41) is 5.02. The molecule has 4 nitrogen and oxygen atoms in total. The molecule has 3 aromatic carbocycles. The van der Waals surface area contributed by atoms with Crippen molar-refractivity contribution in [1.82, 2.24) is 10.2 Å². The highest BCUT2D eigenvalue weighted by molar-refractivity contribution is 6.07. The number of urea groups is 1. The smallest absolute Gasteiger partial charge is 0.319 e. The second-order valence-electron chi connectivity index (χ2n) is 6.49. The van der Waals surface area contributed by atoms with Gasteiger partial charge >= 0.3 is 6.03 Å². The third-order valence-electron chi connectivity index (χ3n) is 4.79. The van der Waals surface area contributed by atoms with Gasteiger partial charge in [0, 0.05) is 0 Å². The van der Waals surface area contributed by atoms with Gasteiger partial charge in [-0.05, 0) is 34.9 Å². The molecule has 1 aliphatic heterocycles. The highest BCUT2D eigenvalue weighted by atomic mass is 16.2. The Labute approximate surface area is 146 Å². The van der Waals surface area contributed by atoms with E-state index in [2.05, 4.69) is 5.32 Å². The van der Waals surface area contributed by atoms with E-state index in [0.29, 0.717) is 0 Å². The van der Waals surface area contributed by atoms with Gasteiger partial charge in [0.2, 0.25) is 0 Å². The van der Waals surface area contributed by atoms with E-state index in [1.165, 1.54) is 4.90 Å². The van der Waals surface area contributed by atoms with E-state index in [-0.39, 0.29) is 18.5 Å². The molecule has 4 heteroatoms. The third-order valence-corrected chi connectivity index (χ3v) is 4.79. The number of amides is 3. The highest BCUT2D eigenvalue weighted by Crippen LogP contribution is 2.31. The maximum atomic E-state index is 13.0. The second-order valence-corrected chi connectivity index (χ2v) is 6.49. The average molecular weight is 330 g/mol. The lowest BCUT2D eigenvalue weighted by atomic mass is 9.90. The van der Waals surface area contributed by atoms with Crippen LogP contribution in [0.2, 0.25) is 0 Å². The Morgan fingerprint density at radius 3 is 2.32 bits per heavy atom. The molecule has 0 aliphatic carbocycles. The molecule has 0 aromatic heterocycles. The summed E-state index contributed by atoms with van der Waals surface area (Å²) in [7, 11) is 0. The number of rotatable bonds is 3. The lowest BCUT2D eigenvalue weighted by molar-refractivity contribution is -0.131. The first kappa shape index (κ1) is 15.4. The molecule has 3 amide bonds. The van der Waals surface area contributed by atoms with Crippen LogP contribution in [0.4, 0.5) is 4.79 Å². The fourth-order valence-electron chi connectivity index (χ4n) is 3.30. The molecule has 0 saturated carbocycles. The minimum Gasteiger partial charge on any atom is -0.319 e. The van der Waals surface area contributed by atoms with Crippen molar-refractivity contribution in [3.63, 3.8) is 0 Å². The molecule has 1 unspecified atom stereocenters. The van der Waals surface area contributed by atoms with Crippen LogP contribution in [0.1, 0.15) is 18.1 Å². The standard InChI is InChI=1S/C21H18N2O2/c1-21(18-12-11-16-9-5-6-10-17(16)13-18)19(24)23(20(25)22-21)14-15-7-3-2-4-8-15/h2-13H,14H2,1H3,(H,22,25). The van der Waals surface area contributed by atoms with E-state index >= 15 is 0 Å². The Hall–Kier alpha value is -3.14. The summed E-state index contributed by atoms with van der Waals surface area (Å²) in [6.45, 7) is 2.04. The van der Waals surface area contributed by atoms with Crippen LogP contribution in [0.15, 0.2) is 72.8 Å². The van der Waals surface area contributed by atoms with Gasteiger partial charge in [0.25, 0.3) is 5.91 Å². The molecule has 4 rings (SSSR count). The number of fused-ring (bicyclic) bond motifs is 1. The molecule has 25 heavy (non-hydrogen) atoms. The van der Waals surface area contributed by atoms with Crippen molar-refractivity contribution >= 4 is 22.7 Å². The number of benzene rings is 3. The molecular weight excluding hydrogens is 312 g/mol. The maximum Gasteiger partial charge on any atom is 0.325 e. The second kappa shape index (κ2) is 5.74. The van der Waals surface area contributed by atoms with E-state index in [4.69, 9.17) is 0 Å². The van der Waals surface area contributed by atoms with Crippen molar-refractivity contribution in [2.24, 2.45) is 0 Å². The van der Waals surface area contributed by atoms with Crippen molar-refractivity contribution in [3.05, 3.63) is 83.9 Å². The van der Waals surface area contributed by atoms with E-state index in [1.807, 2.05) is 72.8 Å². The maximum absolute atomic E-state index is 13.0. The van der Waals surface area contributed by atoms with E-state index in [1.54, 1.807) is 6.92 Å². The molecule has 0 spiro atoms. The number of imide groups is 1. The van der Waals surface area contributed by atoms with Gasteiger partial charge in [-0.15, -0.1) is 0 Å². The van der Waals surface area contributed by atoms with Gasteiger partial charge in [0.05, 0.1) is 6.54 Å². The molecule has 1 fully saturated rings. The van der Waals surface area contributed by atoms with Crippen LogP contribution in [0.25, 0.3) is 10.8 Å². The van der Waals surface area contributed by atoms with Crippen LogP contribution in [0, 0.1) is 0 Å². The van der Waals surface area contributed by atoms with E-state index in [9.17, 15) is 9.59 Å². The Morgan fingerprint density at radius 1 is 0.880 bits per heavy atom. The Balaban J connectivity index is 1.69. The molecular formula is C21H18N2O2. The lowest BCUT2D eigenvalue weighted by Crippen LogP contribution is -2.40. The molecule has 1 heterocycles. The van der Waals surface area contributed by atoms with Crippen LogP contribution in [-0.4, -0.2) is 16.8 Å². The molecule has 1 aliphatic rings. The quantitative estimate of drug-likeness (QED) is 0.743.